The average Bonchev–Trinajstić information content (AvgIpc) is 2.57. The lowest BCUT2D eigenvalue weighted by Crippen LogP contribution is -2.41. The minimum Gasteiger partial charge on any atom is -0.410 e. The first-order valence-corrected chi connectivity index (χ1v) is 7.12. The molecule has 1 fully saturated rings. The number of carbonyl (C=O) groups is 1. The molecule has 0 unspecified atom stereocenters. The fraction of sp³-hybridized carbons (Fsp3) is 0.533. The summed E-state index contributed by atoms with van der Waals surface area (Å²) >= 11 is 0. The number of ether oxygens (including phenoxy) is 1. The molecule has 114 valence electrons. The van der Waals surface area contributed by atoms with Crippen molar-refractivity contribution in [2.24, 2.45) is 5.73 Å². The number of primary amides is 1. The zero-order chi connectivity index (χ0) is 15.8. The van der Waals surface area contributed by atoms with Gasteiger partial charge in [0.25, 0.3) is 0 Å². The molecular weight excluding hydrogens is 269 g/mol. The fourth-order valence-corrected chi connectivity index (χ4v) is 2.36. The first kappa shape index (κ1) is 15.9. The molecule has 21 heavy (non-hydrogen) atoms. The topological polar surface area (TPSA) is 70.8 Å². The van der Waals surface area contributed by atoms with Crippen LogP contribution in [0.3, 0.4) is 0 Å². The van der Waals surface area contributed by atoms with Gasteiger partial charge in [-0.25, -0.2) is 4.79 Å². The van der Waals surface area contributed by atoms with E-state index in [9.17, 15) is 4.79 Å². The monoisotopic (exact) mass is 291 g/mol. The van der Waals surface area contributed by atoms with Gasteiger partial charge >= 0.3 is 13.2 Å². The molecule has 1 aromatic rings. The summed E-state index contributed by atoms with van der Waals surface area (Å²) in [4.78, 5) is 11.0. The van der Waals surface area contributed by atoms with Crippen molar-refractivity contribution in [3.05, 3.63) is 23.8 Å². The van der Waals surface area contributed by atoms with Crippen LogP contribution in [-0.4, -0.2) is 24.4 Å². The molecule has 0 atom stereocenters. The second kappa shape index (κ2) is 5.35. The number of hydrogen-bond donors (Lipinski definition) is 1. The van der Waals surface area contributed by atoms with Gasteiger partial charge in [0.05, 0.1) is 11.2 Å². The van der Waals surface area contributed by atoms with Crippen LogP contribution in [0.1, 0.15) is 40.2 Å². The Morgan fingerprint density at radius 3 is 2.29 bits per heavy atom. The van der Waals surface area contributed by atoms with Gasteiger partial charge in [-0.3, -0.25) is 0 Å². The normalized spacial score (nSPS) is 19.6. The van der Waals surface area contributed by atoms with Gasteiger partial charge in [-0.1, -0.05) is 19.1 Å². The van der Waals surface area contributed by atoms with Gasteiger partial charge in [0.1, 0.15) is 5.75 Å². The lowest BCUT2D eigenvalue weighted by molar-refractivity contribution is 0.00578. The van der Waals surface area contributed by atoms with Gasteiger partial charge in [0, 0.05) is 0 Å². The van der Waals surface area contributed by atoms with Gasteiger partial charge in [0.2, 0.25) is 0 Å². The number of rotatable bonds is 3. The van der Waals surface area contributed by atoms with Crippen LogP contribution >= 0.6 is 0 Å². The Morgan fingerprint density at radius 2 is 1.81 bits per heavy atom. The van der Waals surface area contributed by atoms with Crippen LogP contribution in [0.4, 0.5) is 4.79 Å². The third kappa shape index (κ3) is 2.92. The highest BCUT2D eigenvalue weighted by atomic mass is 16.7. The molecule has 1 aliphatic rings. The Labute approximate surface area is 125 Å². The molecule has 6 heteroatoms. The van der Waals surface area contributed by atoms with Crippen LogP contribution in [0.2, 0.25) is 0 Å². The van der Waals surface area contributed by atoms with Crippen LogP contribution in [-0.2, 0) is 15.7 Å². The predicted octanol–water partition coefficient (Wildman–Crippen LogP) is 2.01. The summed E-state index contributed by atoms with van der Waals surface area (Å²) < 4.78 is 17.2. The van der Waals surface area contributed by atoms with Crippen molar-refractivity contribution in [1.82, 2.24) is 0 Å². The van der Waals surface area contributed by atoms with Crippen molar-refractivity contribution in [3.63, 3.8) is 0 Å². The maximum Gasteiger partial charge on any atom is 0.495 e. The van der Waals surface area contributed by atoms with E-state index in [-0.39, 0.29) is 0 Å². The summed E-state index contributed by atoms with van der Waals surface area (Å²) in [6, 6.07) is 5.45. The lowest BCUT2D eigenvalue weighted by atomic mass is 9.75. The van der Waals surface area contributed by atoms with E-state index in [0.29, 0.717) is 12.2 Å². The molecule has 0 saturated carbocycles. The molecule has 1 saturated heterocycles. The summed E-state index contributed by atoms with van der Waals surface area (Å²) in [5.74, 6) is 0.456. The molecule has 1 heterocycles. The van der Waals surface area contributed by atoms with Crippen LogP contribution in [0.25, 0.3) is 0 Å². The molecule has 0 aliphatic carbocycles. The minimum atomic E-state index is -0.823. The molecule has 5 nitrogen and oxygen atoms in total. The maximum absolute atomic E-state index is 11.0. The molecule has 1 amide bonds. The van der Waals surface area contributed by atoms with E-state index in [4.69, 9.17) is 19.8 Å². The standard InChI is InChI=1S/C15H22BNO4/c1-6-10-11(8-7-9-12(10)19-13(17)18)16-20-14(2,3)15(4,5)21-16/h7-9H,6H2,1-5H3,(H2,17,18). The molecule has 2 N–H and O–H groups in total. The second-order valence-corrected chi connectivity index (χ2v) is 6.19. The highest BCUT2D eigenvalue weighted by molar-refractivity contribution is 6.62. The second-order valence-electron chi connectivity index (χ2n) is 6.19. The summed E-state index contributed by atoms with van der Waals surface area (Å²) in [7, 11) is -0.485. The number of benzene rings is 1. The van der Waals surface area contributed by atoms with E-state index in [0.717, 1.165) is 11.0 Å². The van der Waals surface area contributed by atoms with E-state index < -0.39 is 24.4 Å². The van der Waals surface area contributed by atoms with Crippen LogP contribution in [0, 0.1) is 0 Å². The van der Waals surface area contributed by atoms with Gasteiger partial charge in [-0.15, -0.1) is 0 Å². The van der Waals surface area contributed by atoms with Crippen molar-refractivity contribution in [2.75, 3.05) is 0 Å². The first-order valence-electron chi connectivity index (χ1n) is 7.12. The minimum absolute atomic E-state index is 0.413. The highest BCUT2D eigenvalue weighted by Crippen LogP contribution is 2.37. The average molecular weight is 291 g/mol. The van der Waals surface area contributed by atoms with Crippen molar-refractivity contribution < 1.29 is 18.8 Å². The molecule has 1 aromatic carbocycles. The van der Waals surface area contributed by atoms with Gasteiger partial charge in [-0.05, 0) is 51.2 Å². The number of amides is 1. The molecule has 0 bridgehead atoms. The Morgan fingerprint density at radius 1 is 1.24 bits per heavy atom. The summed E-state index contributed by atoms with van der Waals surface area (Å²) in [6.07, 6.45) is -0.140. The molecule has 0 radical (unpaired) electrons. The van der Waals surface area contributed by atoms with E-state index >= 15 is 0 Å². The molecular formula is C15H22BNO4. The van der Waals surface area contributed by atoms with E-state index in [1.54, 1.807) is 12.1 Å². The molecule has 0 spiro atoms. The zero-order valence-corrected chi connectivity index (χ0v) is 13.2. The number of hydrogen-bond acceptors (Lipinski definition) is 4. The zero-order valence-electron chi connectivity index (χ0n) is 13.2. The van der Waals surface area contributed by atoms with Gasteiger partial charge in [0.15, 0.2) is 0 Å². The summed E-state index contributed by atoms with van der Waals surface area (Å²) in [5.41, 5.74) is 6.03. The molecule has 0 aromatic heterocycles. The number of carbonyl (C=O) groups excluding carboxylic acids is 1. The molecule has 1 aliphatic heterocycles. The Balaban J connectivity index is 2.39. The highest BCUT2D eigenvalue weighted by Gasteiger charge is 2.52. The fourth-order valence-electron chi connectivity index (χ4n) is 2.36. The van der Waals surface area contributed by atoms with Crippen molar-refractivity contribution in [1.29, 1.82) is 0 Å². The van der Waals surface area contributed by atoms with Crippen molar-refractivity contribution >= 4 is 18.7 Å². The van der Waals surface area contributed by atoms with E-state index in [2.05, 4.69) is 0 Å². The third-order valence-electron chi connectivity index (χ3n) is 4.24. The van der Waals surface area contributed by atoms with Crippen LogP contribution < -0.4 is 15.9 Å². The van der Waals surface area contributed by atoms with E-state index in [1.165, 1.54) is 0 Å². The van der Waals surface area contributed by atoms with E-state index in [1.807, 2.05) is 40.7 Å². The SMILES string of the molecule is CCc1c(OC(N)=O)cccc1B1OC(C)(C)C(C)(C)O1. The molecule has 2 rings (SSSR count). The predicted molar refractivity (Wildman–Crippen MR) is 81.7 cm³/mol. The lowest BCUT2D eigenvalue weighted by Gasteiger charge is -2.32. The van der Waals surface area contributed by atoms with Gasteiger partial charge in [-0.2, -0.15) is 0 Å². The van der Waals surface area contributed by atoms with Crippen LogP contribution in [0.15, 0.2) is 18.2 Å². The van der Waals surface area contributed by atoms with Crippen LogP contribution in [0.5, 0.6) is 5.75 Å². The first-order chi connectivity index (χ1) is 9.68. The van der Waals surface area contributed by atoms with Crippen molar-refractivity contribution in [2.45, 2.75) is 52.2 Å². The van der Waals surface area contributed by atoms with Crippen molar-refractivity contribution in [3.8, 4) is 5.75 Å². The Kier molecular flexibility index (Phi) is 4.04. The summed E-state index contributed by atoms with van der Waals surface area (Å²) in [5, 5.41) is 0. The smallest absolute Gasteiger partial charge is 0.410 e. The number of nitrogens with two attached hydrogens (primary N) is 1. The summed E-state index contributed by atoms with van der Waals surface area (Å²) in [6.45, 7) is 9.99. The Bertz CT molecular complexity index is 541. The third-order valence-corrected chi connectivity index (χ3v) is 4.24. The quantitative estimate of drug-likeness (QED) is 0.865. The Hall–Kier alpha value is -1.53. The maximum atomic E-state index is 11.0. The van der Waals surface area contributed by atoms with Gasteiger partial charge < -0.3 is 19.8 Å². The largest absolute Gasteiger partial charge is 0.495 e.